The minimum Gasteiger partial charge on any atom is -0.480 e. The molecule has 10 heteroatoms. The Hall–Kier alpha value is -2.61. The van der Waals surface area contributed by atoms with Crippen molar-refractivity contribution in [1.82, 2.24) is 10.3 Å². The van der Waals surface area contributed by atoms with E-state index in [9.17, 15) is 19.5 Å². The summed E-state index contributed by atoms with van der Waals surface area (Å²) in [6.07, 6.45) is 3.17. The number of carboxylic acid groups (broad SMARTS) is 1. The monoisotopic (exact) mass is 509 g/mol. The number of nitrogens with one attached hydrogen (secondary N) is 2. The van der Waals surface area contributed by atoms with Crippen LogP contribution in [0.15, 0.2) is 47.4 Å². The van der Waals surface area contributed by atoms with Crippen molar-refractivity contribution in [3.8, 4) is 0 Å². The number of nitrogens with zero attached hydrogens (tertiary/aromatic N) is 1. The number of halogens is 3. The maximum atomic E-state index is 12.6. The Labute approximate surface area is 206 Å². The Kier molecular flexibility index (Phi) is 7.36. The minimum absolute atomic E-state index is 0.0348. The molecule has 0 radical (unpaired) electrons. The molecule has 2 aromatic rings. The third kappa shape index (κ3) is 4.86. The molecule has 0 saturated carbocycles. The summed E-state index contributed by atoms with van der Waals surface area (Å²) in [6.45, 7) is 5.27. The summed E-state index contributed by atoms with van der Waals surface area (Å²) in [5.41, 5.74) is 0.915. The van der Waals surface area contributed by atoms with E-state index < -0.39 is 29.3 Å². The van der Waals surface area contributed by atoms with E-state index in [0.29, 0.717) is 17.8 Å². The first kappa shape index (κ1) is 25.0. The lowest BCUT2D eigenvalue weighted by Crippen LogP contribution is -2.51. The van der Waals surface area contributed by atoms with E-state index >= 15 is 0 Å². The topological polar surface area (TPSA) is 108 Å². The maximum Gasteiger partial charge on any atom is 0.326 e. The molecule has 1 aromatic carbocycles. The van der Waals surface area contributed by atoms with Gasteiger partial charge in [0.05, 0.1) is 21.0 Å². The fourth-order valence-corrected chi connectivity index (χ4v) is 4.81. The average Bonchev–Trinajstić information content (AvgIpc) is 2.76. The number of amides is 1. The molecule has 0 bridgehead atoms. The van der Waals surface area contributed by atoms with Gasteiger partial charge in [-0.1, -0.05) is 53.9 Å². The molecule has 7 nitrogen and oxygen atoms in total. The van der Waals surface area contributed by atoms with Crippen molar-refractivity contribution in [1.29, 1.82) is 0 Å². The predicted molar refractivity (Wildman–Crippen MR) is 128 cm³/mol. The van der Waals surface area contributed by atoms with Gasteiger partial charge < -0.3 is 15.7 Å². The first-order chi connectivity index (χ1) is 15.5. The van der Waals surface area contributed by atoms with Gasteiger partial charge in [-0.05, 0) is 38.0 Å². The normalized spacial score (nSPS) is 16.6. The first-order valence-corrected chi connectivity index (χ1v) is 11.3. The number of ketones is 1. The van der Waals surface area contributed by atoms with Gasteiger partial charge in [0.25, 0.3) is 5.91 Å². The first-order valence-electron chi connectivity index (χ1n) is 10.1. The van der Waals surface area contributed by atoms with Crippen molar-refractivity contribution in [3.05, 3.63) is 68.6 Å². The van der Waals surface area contributed by atoms with E-state index in [2.05, 4.69) is 15.6 Å². The molecule has 3 rings (SSSR count). The molecule has 1 aromatic heterocycles. The second-order valence-electron chi connectivity index (χ2n) is 8.17. The van der Waals surface area contributed by atoms with Gasteiger partial charge in [-0.3, -0.25) is 14.6 Å². The second kappa shape index (κ2) is 9.71. The fourth-order valence-electron chi connectivity index (χ4n) is 3.75. The van der Waals surface area contributed by atoms with Gasteiger partial charge in [0, 0.05) is 29.7 Å². The van der Waals surface area contributed by atoms with Crippen LogP contribution in [0.3, 0.4) is 0 Å². The Morgan fingerprint density at radius 3 is 2.15 bits per heavy atom. The van der Waals surface area contributed by atoms with Crippen molar-refractivity contribution in [2.45, 2.75) is 39.2 Å². The number of carboxylic acids is 1. The molecule has 0 fully saturated rings. The molecule has 1 aliphatic rings. The van der Waals surface area contributed by atoms with Crippen LogP contribution in [0.1, 0.15) is 49.0 Å². The Balaban J connectivity index is 1.81. The molecule has 3 N–H and O–H groups in total. The number of aliphatic carboxylic acids is 1. The molecule has 174 valence electrons. The summed E-state index contributed by atoms with van der Waals surface area (Å²) in [4.78, 5) is 40.5. The number of anilines is 1. The standard InChI is InChI=1S/C23H22Cl3N3O4/c1-4-13(18(22(32)33)29-19-17(26)20(30)23(19,2)3)11-5-7-12(8-6-11)28-21(31)16-14(24)9-27-10-15(16)25/h5-10,13,18,29H,4H2,1-3H3,(H,28,31)(H,32,33)/t13?,18-/m0/s1. The highest BCUT2D eigenvalue weighted by atomic mass is 35.5. The summed E-state index contributed by atoms with van der Waals surface area (Å²) < 4.78 is 0. The van der Waals surface area contributed by atoms with Crippen LogP contribution in [0.2, 0.25) is 10.0 Å². The Morgan fingerprint density at radius 1 is 1.09 bits per heavy atom. The predicted octanol–water partition coefficient (Wildman–Crippen LogP) is 5.24. The number of rotatable bonds is 8. The van der Waals surface area contributed by atoms with E-state index in [1.807, 2.05) is 6.92 Å². The van der Waals surface area contributed by atoms with E-state index in [0.717, 1.165) is 5.56 Å². The number of hydrogen-bond donors (Lipinski definition) is 3. The van der Waals surface area contributed by atoms with E-state index in [1.54, 1.807) is 38.1 Å². The maximum absolute atomic E-state index is 12.6. The molecular formula is C23H22Cl3N3O4. The van der Waals surface area contributed by atoms with Gasteiger partial charge in [-0.25, -0.2) is 4.79 Å². The van der Waals surface area contributed by atoms with E-state index in [-0.39, 0.29) is 26.4 Å². The minimum atomic E-state index is -1.06. The summed E-state index contributed by atoms with van der Waals surface area (Å²) in [5, 5.41) is 15.9. The third-order valence-corrected chi connectivity index (χ3v) is 6.63. The van der Waals surface area contributed by atoms with Crippen LogP contribution in [0, 0.1) is 5.41 Å². The summed E-state index contributed by atoms with van der Waals surface area (Å²) >= 11 is 18.1. The van der Waals surface area contributed by atoms with Crippen molar-refractivity contribution >= 4 is 58.1 Å². The SMILES string of the molecule is CCC(c1ccc(NC(=O)c2c(Cl)cncc2Cl)cc1)[C@H](NC1=C(Cl)C(=O)C1(C)C)C(=O)O. The van der Waals surface area contributed by atoms with Crippen molar-refractivity contribution in [2.24, 2.45) is 5.41 Å². The Bertz CT molecular complexity index is 1130. The third-order valence-electron chi connectivity index (χ3n) is 5.70. The number of aromatic nitrogens is 1. The van der Waals surface area contributed by atoms with Crippen LogP contribution < -0.4 is 10.6 Å². The zero-order chi connectivity index (χ0) is 24.5. The summed E-state index contributed by atoms with van der Waals surface area (Å²) in [6, 6.07) is 5.82. The van der Waals surface area contributed by atoms with Gasteiger partial charge in [-0.15, -0.1) is 0 Å². The van der Waals surface area contributed by atoms with Crippen LogP contribution in [0.5, 0.6) is 0 Å². The highest BCUT2D eigenvalue weighted by Gasteiger charge is 2.48. The second-order valence-corrected chi connectivity index (χ2v) is 9.36. The van der Waals surface area contributed by atoms with Gasteiger partial charge in [0.1, 0.15) is 11.1 Å². The molecule has 1 unspecified atom stereocenters. The zero-order valence-electron chi connectivity index (χ0n) is 18.1. The van der Waals surface area contributed by atoms with E-state index in [1.165, 1.54) is 12.4 Å². The fraction of sp³-hybridized carbons (Fsp3) is 0.304. The molecule has 0 spiro atoms. The molecular weight excluding hydrogens is 489 g/mol. The number of pyridine rings is 1. The molecule has 1 heterocycles. The van der Waals surface area contributed by atoms with Crippen LogP contribution >= 0.6 is 34.8 Å². The molecule has 2 atom stereocenters. The molecule has 33 heavy (non-hydrogen) atoms. The van der Waals surface area contributed by atoms with Gasteiger partial charge in [-0.2, -0.15) is 0 Å². The largest absolute Gasteiger partial charge is 0.480 e. The van der Waals surface area contributed by atoms with Crippen molar-refractivity contribution in [3.63, 3.8) is 0 Å². The quantitative estimate of drug-likeness (QED) is 0.448. The van der Waals surface area contributed by atoms with Crippen molar-refractivity contribution in [2.75, 3.05) is 5.32 Å². The molecule has 1 aliphatic carbocycles. The number of benzene rings is 1. The lowest BCUT2D eigenvalue weighted by molar-refractivity contribution is -0.140. The molecule has 0 aliphatic heterocycles. The number of carbonyl (C=O) groups is 3. The van der Waals surface area contributed by atoms with Crippen LogP contribution in [-0.4, -0.2) is 33.8 Å². The number of allylic oxidation sites excluding steroid dienone is 2. The average molecular weight is 511 g/mol. The Morgan fingerprint density at radius 2 is 1.67 bits per heavy atom. The van der Waals surface area contributed by atoms with Crippen molar-refractivity contribution < 1.29 is 19.5 Å². The highest BCUT2D eigenvalue weighted by Crippen LogP contribution is 2.43. The van der Waals surface area contributed by atoms with Gasteiger partial charge in [0.15, 0.2) is 5.78 Å². The van der Waals surface area contributed by atoms with Gasteiger partial charge >= 0.3 is 5.97 Å². The number of Topliss-reactive ketones (excluding diaryl/α,β-unsaturated/α-hetero) is 1. The number of hydrogen-bond acceptors (Lipinski definition) is 5. The lowest BCUT2D eigenvalue weighted by atomic mass is 9.73. The molecule has 1 amide bonds. The van der Waals surface area contributed by atoms with Crippen LogP contribution in [0.25, 0.3) is 0 Å². The lowest BCUT2D eigenvalue weighted by Gasteiger charge is -2.39. The summed E-state index contributed by atoms with van der Waals surface area (Å²) in [5.74, 6) is -2.19. The zero-order valence-corrected chi connectivity index (χ0v) is 20.3. The number of carbonyl (C=O) groups excluding carboxylic acids is 2. The summed E-state index contributed by atoms with van der Waals surface area (Å²) in [7, 11) is 0. The van der Waals surface area contributed by atoms with Crippen LogP contribution in [0.4, 0.5) is 5.69 Å². The van der Waals surface area contributed by atoms with Gasteiger partial charge in [0.2, 0.25) is 0 Å². The molecule has 0 saturated heterocycles. The smallest absolute Gasteiger partial charge is 0.326 e. The van der Waals surface area contributed by atoms with Crippen LogP contribution in [-0.2, 0) is 9.59 Å². The van der Waals surface area contributed by atoms with E-state index in [4.69, 9.17) is 34.8 Å². The highest BCUT2D eigenvalue weighted by molar-refractivity contribution is 6.47.